The maximum absolute atomic E-state index is 12.2. The van der Waals surface area contributed by atoms with Gasteiger partial charge in [0.2, 0.25) is 0 Å². The number of guanidine groups is 1. The summed E-state index contributed by atoms with van der Waals surface area (Å²) in [6.45, 7) is 3.22. The summed E-state index contributed by atoms with van der Waals surface area (Å²) >= 11 is 1.64. The highest BCUT2D eigenvalue weighted by Crippen LogP contribution is 2.16. The number of aromatic nitrogens is 1. The van der Waals surface area contributed by atoms with Gasteiger partial charge in [0.1, 0.15) is 5.75 Å². The lowest BCUT2D eigenvalue weighted by Crippen LogP contribution is -2.38. The molecule has 1 heterocycles. The van der Waals surface area contributed by atoms with Crippen LogP contribution in [0.4, 0.5) is 8.78 Å². The summed E-state index contributed by atoms with van der Waals surface area (Å²) in [6, 6.07) is 6.64. The van der Waals surface area contributed by atoms with Gasteiger partial charge < -0.3 is 15.0 Å². The number of hydrogen-bond acceptors (Lipinski definition) is 4. The van der Waals surface area contributed by atoms with Crippen LogP contribution in [0.25, 0.3) is 0 Å². The number of hydrogen-bond donors (Lipinski definition) is 1. The van der Waals surface area contributed by atoms with E-state index >= 15 is 0 Å². The van der Waals surface area contributed by atoms with Gasteiger partial charge in [0.05, 0.1) is 10.7 Å². The van der Waals surface area contributed by atoms with Gasteiger partial charge in [0, 0.05) is 38.5 Å². The molecule has 0 fully saturated rings. The van der Waals surface area contributed by atoms with E-state index in [0.29, 0.717) is 13.1 Å². The lowest BCUT2D eigenvalue weighted by molar-refractivity contribution is -0.0498. The van der Waals surface area contributed by atoms with Gasteiger partial charge in [-0.05, 0) is 31.5 Å². The number of halogens is 2. The monoisotopic (exact) mass is 382 g/mol. The molecular formula is C18H24F2N4OS. The smallest absolute Gasteiger partial charge is 0.387 e. The lowest BCUT2D eigenvalue weighted by atomic mass is 10.2. The van der Waals surface area contributed by atoms with E-state index in [0.717, 1.165) is 35.2 Å². The van der Waals surface area contributed by atoms with Crippen molar-refractivity contribution < 1.29 is 13.5 Å². The first kappa shape index (κ1) is 20.1. The number of benzene rings is 1. The molecule has 0 saturated heterocycles. The summed E-state index contributed by atoms with van der Waals surface area (Å²) in [5.41, 5.74) is 2.04. The zero-order valence-electron chi connectivity index (χ0n) is 15.2. The quantitative estimate of drug-likeness (QED) is 0.559. The second-order valence-corrected chi connectivity index (χ2v) is 6.78. The molecule has 1 aromatic carbocycles. The highest BCUT2D eigenvalue weighted by Gasteiger charge is 2.08. The van der Waals surface area contributed by atoms with Crippen molar-refractivity contribution in [3.8, 4) is 5.75 Å². The van der Waals surface area contributed by atoms with E-state index in [2.05, 4.69) is 25.4 Å². The fourth-order valence-electron chi connectivity index (χ4n) is 2.39. The number of aryl methyl sites for hydroxylation is 1. The number of aliphatic imine (C=N–C) groups is 1. The van der Waals surface area contributed by atoms with Gasteiger partial charge in [-0.1, -0.05) is 12.1 Å². The molecule has 0 atom stereocenters. The van der Waals surface area contributed by atoms with E-state index in [1.54, 1.807) is 35.6 Å². The first-order valence-corrected chi connectivity index (χ1v) is 9.30. The first-order valence-electron chi connectivity index (χ1n) is 8.42. The SMILES string of the molecule is CCNC(=NCCc1csc(C)n1)N(C)Cc1ccc(OC(F)F)cc1. The Labute approximate surface area is 156 Å². The zero-order valence-corrected chi connectivity index (χ0v) is 16.0. The number of nitrogens with one attached hydrogen (secondary N) is 1. The molecule has 0 radical (unpaired) electrons. The Morgan fingerprint density at radius 3 is 2.65 bits per heavy atom. The van der Waals surface area contributed by atoms with E-state index in [1.807, 2.05) is 25.8 Å². The van der Waals surface area contributed by atoms with Gasteiger partial charge >= 0.3 is 6.61 Å². The molecule has 1 aromatic heterocycles. The zero-order chi connectivity index (χ0) is 18.9. The van der Waals surface area contributed by atoms with Crippen molar-refractivity contribution in [3.05, 3.63) is 45.9 Å². The van der Waals surface area contributed by atoms with Crippen LogP contribution in [0.2, 0.25) is 0 Å². The predicted octanol–water partition coefficient (Wildman–Crippen LogP) is 3.69. The van der Waals surface area contributed by atoms with Crippen LogP contribution in [0.1, 0.15) is 23.2 Å². The predicted molar refractivity (Wildman–Crippen MR) is 101 cm³/mol. The van der Waals surface area contributed by atoms with Crippen LogP contribution in [0.15, 0.2) is 34.6 Å². The molecule has 5 nitrogen and oxygen atoms in total. The van der Waals surface area contributed by atoms with Crippen LogP contribution in [-0.2, 0) is 13.0 Å². The standard InChI is InChI=1S/C18H24F2N4OS/c1-4-21-18(22-10-9-15-12-26-13(2)23-15)24(3)11-14-5-7-16(8-6-14)25-17(19)20/h5-8,12,17H,4,9-11H2,1-3H3,(H,21,22). The molecule has 26 heavy (non-hydrogen) atoms. The third-order valence-electron chi connectivity index (χ3n) is 3.56. The van der Waals surface area contributed by atoms with E-state index < -0.39 is 6.61 Å². The summed E-state index contributed by atoms with van der Waals surface area (Å²) in [7, 11) is 1.94. The van der Waals surface area contributed by atoms with Gasteiger partial charge in [-0.15, -0.1) is 11.3 Å². The molecule has 0 unspecified atom stereocenters. The summed E-state index contributed by atoms with van der Waals surface area (Å²) in [5.74, 6) is 0.956. The third-order valence-corrected chi connectivity index (χ3v) is 4.38. The Morgan fingerprint density at radius 1 is 1.35 bits per heavy atom. The van der Waals surface area contributed by atoms with Crippen molar-refractivity contribution in [2.45, 2.75) is 33.4 Å². The van der Waals surface area contributed by atoms with E-state index in [-0.39, 0.29) is 5.75 Å². The minimum absolute atomic E-state index is 0.158. The van der Waals surface area contributed by atoms with Crippen LogP contribution in [-0.4, -0.2) is 42.6 Å². The summed E-state index contributed by atoms with van der Waals surface area (Å²) < 4.78 is 28.8. The molecule has 2 aromatic rings. The van der Waals surface area contributed by atoms with E-state index in [9.17, 15) is 8.78 Å². The molecule has 0 spiro atoms. The Bertz CT molecular complexity index is 703. The molecule has 2 rings (SSSR count). The fourth-order valence-corrected chi connectivity index (χ4v) is 3.04. The van der Waals surface area contributed by atoms with Crippen LogP contribution in [0.3, 0.4) is 0 Å². The Kier molecular flexibility index (Phi) is 7.77. The van der Waals surface area contributed by atoms with Gasteiger partial charge in [-0.2, -0.15) is 8.78 Å². The maximum Gasteiger partial charge on any atom is 0.387 e. The summed E-state index contributed by atoms with van der Waals surface area (Å²) in [5, 5.41) is 6.39. The molecule has 0 bridgehead atoms. The molecule has 0 amide bonds. The maximum atomic E-state index is 12.2. The number of ether oxygens (including phenoxy) is 1. The Balaban J connectivity index is 1.93. The van der Waals surface area contributed by atoms with Gasteiger partial charge in [-0.3, -0.25) is 4.99 Å². The minimum atomic E-state index is -2.81. The Hall–Kier alpha value is -2.22. The molecular weight excluding hydrogens is 358 g/mol. The second kappa shape index (κ2) is 10.1. The van der Waals surface area contributed by atoms with Gasteiger partial charge in [0.15, 0.2) is 5.96 Å². The highest BCUT2D eigenvalue weighted by molar-refractivity contribution is 7.09. The Morgan fingerprint density at radius 2 is 2.08 bits per heavy atom. The highest BCUT2D eigenvalue weighted by atomic mass is 32.1. The molecule has 1 N–H and O–H groups in total. The van der Waals surface area contributed by atoms with Crippen molar-refractivity contribution >= 4 is 17.3 Å². The van der Waals surface area contributed by atoms with Crippen molar-refractivity contribution in [1.29, 1.82) is 0 Å². The number of rotatable bonds is 8. The molecule has 0 aliphatic rings. The molecule has 0 aliphatic carbocycles. The van der Waals surface area contributed by atoms with Crippen molar-refractivity contribution in [1.82, 2.24) is 15.2 Å². The van der Waals surface area contributed by atoms with Crippen LogP contribution in [0.5, 0.6) is 5.75 Å². The number of thiazole rings is 1. The topological polar surface area (TPSA) is 49.8 Å². The number of alkyl halides is 2. The largest absolute Gasteiger partial charge is 0.435 e. The van der Waals surface area contributed by atoms with Crippen LogP contribution >= 0.6 is 11.3 Å². The van der Waals surface area contributed by atoms with Crippen molar-refractivity contribution in [2.75, 3.05) is 20.1 Å². The first-order chi connectivity index (χ1) is 12.5. The van der Waals surface area contributed by atoms with Gasteiger partial charge in [0.25, 0.3) is 0 Å². The third kappa shape index (κ3) is 6.59. The second-order valence-electron chi connectivity index (χ2n) is 5.72. The normalized spacial score (nSPS) is 11.7. The number of nitrogens with zero attached hydrogens (tertiary/aromatic N) is 3. The summed E-state index contributed by atoms with van der Waals surface area (Å²) in [4.78, 5) is 11.1. The molecule has 0 aliphatic heterocycles. The van der Waals surface area contributed by atoms with Gasteiger partial charge in [-0.25, -0.2) is 4.98 Å². The van der Waals surface area contributed by atoms with Crippen LogP contribution in [0, 0.1) is 6.92 Å². The minimum Gasteiger partial charge on any atom is -0.435 e. The average Bonchev–Trinajstić information content (AvgIpc) is 3.00. The van der Waals surface area contributed by atoms with E-state index in [4.69, 9.17) is 0 Å². The summed E-state index contributed by atoms with van der Waals surface area (Å²) in [6.07, 6.45) is 0.798. The fraction of sp³-hybridized carbons (Fsp3) is 0.444. The average molecular weight is 382 g/mol. The molecule has 0 saturated carbocycles. The molecule has 142 valence electrons. The van der Waals surface area contributed by atoms with Crippen molar-refractivity contribution in [2.24, 2.45) is 4.99 Å². The molecule has 8 heteroatoms. The van der Waals surface area contributed by atoms with Crippen molar-refractivity contribution in [3.63, 3.8) is 0 Å². The van der Waals surface area contributed by atoms with Crippen LogP contribution < -0.4 is 10.1 Å². The van der Waals surface area contributed by atoms with E-state index in [1.165, 1.54) is 0 Å². The lowest BCUT2D eigenvalue weighted by Gasteiger charge is -2.22.